The van der Waals surface area contributed by atoms with Crippen LogP contribution in [0.4, 0.5) is 20.2 Å². The zero-order valence-corrected chi connectivity index (χ0v) is 28.7. The minimum atomic E-state index is -4.34. The summed E-state index contributed by atoms with van der Waals surface area (Å²) in [6, 6.07) is 2.25. The number of carbonyl (C=O) groups is 3. The average Bonchev–Trinajstić information content (AvgIpc) is 3.48. The molecule has 4 rings (SSSR count). The Labute approximate surface area is 280 Å². The number of fused-ring (bicyclic) bond motifs is 1. The number of carbonyl (C=O) groups excluding carboxylic acids is 2. The molecule has 0 aliphatic carbocycles. The van der Waals surface area contributed by atoms with E-state index in [1.54, 1.807) is 52.2 Å². The Balaban J connectivity index is 1.60. The maximum atomic E-state index is 13.2. The van der Waals surface area contributed by atoms with Crippen LogP contribution in [-0.2, 0) is 30.5 Å². The zero-order valence-electron chi connectivity index (χ0n) is 26.4. The number of nitrogens with zero attached hydrogens (tertiary/aromatic N) is 6. The maximum Gasteiger partial charge on any atom is 0.425 e. The lowest BCUT2D eigenvalue weighted by atomic mass is 10.1. The Morgan fingerprint density at radius 2 is 1.68 bits per heavy atom. The number of imidazole rings is 1. The van der Waals surface area contributed by atoms with Crippen molar-refractivity contribution in [3.05, 3.63) is 40.4 Å². The lowest BCUT2D eigenvalue weighted by Crippen LogP contribution is -2.44. The van der Waals surface area contributed by atoms with Gasteiger partial charge in [0.2, 0.25) is 0 Å². The molecule has 0 saturated carbocycles. The number of benzene rings is 1. The molecule has 0 radical (unpaired) electrons. The molecule has 3 heterocycles. The Bertz CT molecular complexity index is 1760. The fraction of sp³-hybridized carbons (Fsp3) is 0.500. The fourth-order valence-electron chi connectivity index (χ4n) is 4.46. The van der Waals surface area contributed by atoms with Crippen LogP contribution in [-0.4, -0.2) is 86.1 Å². The molecule has 1 saturated heterocycles. The highest BCUT2D eigenvalue weighted by Crippen LogP contribution is 2.35. The van der Waals surface area contributed by atoms with E-state index < -0.39 is 45.8 Å². The van der Waals surface area contributed by atoms with Crippen molar-refractivity contribution >= 4 is 68.8 Å². The number of anilines is 1. The molecule has 1 aliphatic rings. The molecule has 1 unspecified atom stereocenters. The van der Waals surface area contributed by atoms with Crippen LogP contribution in [0.5, 0.6) is 5.75 Å². The molecule has 0 spiro atoms. The van der Waals surface area contributed by atoms with Gasteiger partial charge in [0.25, 0.3) is 0 Å². The molecular weight excluding hydrogens is 683 g/mol. The Morgan fingerprint density at radius 1 is 1.04 bits per heavy atom. The highest BCUT2D eigenvalue weighted by atomic mass is 35.5. The van der Waals surface area contributed by atoms with Crippen molar-refractivity contribution in [2.75, 3.05) is 18.1 Å². The maximum absolute atomic E-state index is 13.2. The molecule has 16 nitrogen and oxygen atoms in total. The van der Waals surface area contributed by atoms with E-state index in [4.69, 9.17) is 37.4 Å². The van der Waals surface area contributed by atoms with E-state index in [0.29, 0.717) is 20.5 Å². The third kappa shape index (κ3) is 8.51. The normalized spacial score (nSPS) is 16.3. The summed E-state index contributed by atoms with van der Waals surface area (Å²) >= 11 is 12.9. The predicted octanol–water partition coefficient (Wildman–Crippen LogP) is 5.64. The first-order valence-corrected chi connectivity index (χ1v) is 16.3. The molecule has 47 heavy (non-hydrogen) atoms. The van der Waals surface area contributed by atoms with Gasteiger partial charge in [-0.05, 0) is 66.5 Å². The van der Waals surface area contributed by atoms with Gasteiger partial charge in [-0.25, -0.2) is 29.3 Å². The molecular formula is C28H34Cl2N6O10S. The standard InChI is InChI=1S/C28H34Cl2N6O10S/c1-27(2,3)45-25(39)35(26(40)46-28(4,5)6)23-21-22(31-14-32-23)34(15-33-21)12-17-19(10-9-18(29)20(17)30)43-11-7-8-16-13-44-47(41,42)36(16)24(37)38/h9-10,14-16H,7-8,11-13H2,1-6H3,(H,37,38). The Kier molecular flexibility index (Phi) is 10.4. The van der Waals surface area contributed by atoms with Gasteiger partial charge in [0.15, 0.2) is 17.0 Å². The fourth-order valence-corrected chi connectivity index (χ4v) is 6.02. The number of hydrogen-bond acceptors (Lipinski definition) is 12. The molecule has 0 bridgehead atoms. The van der Waals surface area contributed by atoms with Gasteiger partial charge >= 0.3 is 28.6 Å². The van der Waals surface area contributed by atoms with Gasteiger partial charge in [-0.3, -0.25) is 4.18 Å². The topological polar surface area (TPSA) is 193 Å². The van der Waals surface area contributed by atoms with Gasteiger partial charge in [0.1, 0.15) is 23.3 Å². The Hall–Kier alpha value is -3.93. The molecule has 1 fully saturated rings. The van der Waals surface area contributed by atoms with E-state index in [9.17, 15) is 27.9 Å². The van der Waals surface area contributed by atoms with E-state index in [1.807, 2.05) is 0 Å². The van der Waals surface area contributed by atoms with Crippen molar-refractivity contribution in [1.29, 1.82) is 0 Å². The van der Waals surface area contributed by atoms with E-state index in [2.05, 4.69) is 19.1 Å². The summed E-state index contributed by atoms with van der Waals surface area (Å²) in [5, 5.41) is 9.69. The first kappa shape index (κ1) is 35.9. The molecule has 1 atom stereocenters. The molecule has 3 amide bonds. The smallest absolute Gasteiger partial charge is 0.425 e. The van der Waals surface area contributed by atoms with E-state index in [1.165, 1.54) is 12.4 Å². The van der Waals surface area contributed by atoms with Gasteiger partial charge < -0.3 is 23.9 Å². The second kappa shape index (κ2) is 13.7. The molecule has 3 aromatic rings. The SMILES string of the molecule is CC(C)(C)OC(=O)N(C(=O)OC(C)(C)C)c1ncnc2c1ncn2Cc1c(OCCCC2COS(=O)(=O)N2C(=O)O)ccc(Cl)c1Cl. The third-order valence-electron chi connectivity index (χ3n) is 6.34. The number of halogens is 2. The van der Waals surface area contributed by atoms with Crippen LogP contribution < -0.4 is 9.64 Å². The second-order valence-corrected chi connectivity index (χ2v) is 14.6. The summed E-state index contributed by atoms with van der Waals surface area (Å²) in [6.45, 7) is 9.71. The summed E-state index contributed by atoms with van der Waals surface area (Å²) in [7, 11) is -4.34. The minimum absolute atomic E-state index is 0.0298. The number of rotatable bonds is 8. The minimum Gasteiger partial charge on any atom is -0.493 e. The summed E-state index contributed by atoms with van der Waals surface area (Å²) in [5.74, 6) is 0.171. The van der Waals surface area contributed by atoms with Crippen molar-refractivity contribution in [2.45, 2.75) is 78.2 Å². The van der Waals surface area contributed by atoms with Crippen LogP contribution in [0.15, 0.2) is 24.8 Å². The predicted molar refractivity (Wildman–Crippen MR) is 169 cm³/mol. The van der Waals surface area contributed by atoms with Crippen LogP contribution in [0, 0.1) is 0 Å². The first-order chi connectivity index (χ1) is 21.8. The molecule has 1 N–H and O–H groups in total. The van der Waals surface area contributed by atoms with Crippen LogP contribution in [0.25, 0.3) is 11.2 Å². The molecule has 1 aromatic carbocycles. The van der Waals surface area contributed by atoms with Crippen LogP contribution in [0.3, 0.4) is 0 Å². The second-order valence-electron chi connectivity index (χ2n) is 12.3. The van der Waals surface area contributed by atoms with Gasteiger partial charge in [-0.2, -0.15) is 17.6 Å². The van der Waals surface area contributed by atoms with Crippen LogP contribution in [0.2, 0.25) is 10.0 Å². The average molecular weight is 718 g/mol. The summed E-state index contributed by atoms with van der Waals surface area (Å²) in [6.07, 6.45) is -0.677. The molecule has 256 valence electrons. The van der Waals surface area contributed by atoms with Crippen LogP contribution in [0.1, 0.15) is 59.9 Å². The number of aromatic nitrogens is 4. The number of hydrogen-bond donors (Lipinski definition) is 1. The van der Waals surface area contributed by atoms with Gasteiger partial charge in [-0.1, -0.05) is 23.2 Å². The number of imide groups is 1. The zero-order chi connectivity index (χ0) is 34.9. The van der Waals surface area contributed by atoms with Crippen molar-refractivity contribution in [1.82, 2.24) is 23.8 Å². The lowest BCUT2D eigenvalue weighted by Gasteiger charge is -2.28. The van der Waals surface area contributed by atoms with Crippen molar-refractivity contribution in [2.24, 2.45) is 0 Å². The lowest BCUT2D eigenvalue weighted by molar-refractivity contribution is 0.0429. The summed E-state index contributed by atoms with van der Waals surface area (Å²) in [5.41, 5.74) is -1.14. The number of ether oxygens (including phenoxy) is 3. The van der Waals surface area contributed by atoms with Crippen molar-refractivity contribution in [3.63, 3.8) is 0 Å². The van der Waals surface area contributed by atoms with E-state index >= 15 is 0 Å². The van der Waals surface area contributed by atoms with Gasteiger partial charge in [-0.15, -0.1) is 0 Å². The largest absolute Gasteiger partial charge is 0.493 e. The highest BCUT2D eigenvalue weighted by Gasteiger charge is 2.42. The molecule has 1 aliphatic heterocycles. The van der Waals surface area contributed by atoms with Crippen LogP contribution >= 0.6 is 23.2 Å². The third-order valence-corrected chi connectivity index (χ3v) is 8.55. The van der Waals surface area contributed by atoms with Gasteiger partial charge in [0.05, 0.1) is 42.2 Å². The van der Waals surface area contributed by atoms with Crippen molar-refractivity contribution in [3.8, 4) is 5.75 Å². The quantitative estimate of drug-likeness (QED) is 0.282. The number of amides is 3. The number of carboxylic acid groups (broad SMARTS) is 1. The Morgan fingerprint density at radius 3 is 2.28 bits per heavy atom. The van der Waals surface area contributed by atoms with E-state index in [0.717, 1.165) is 6.33 Å². The molecule has 19 heteroatoms. The summed E-state index contributed by atoms with van der Waals surface area (Å²) in [4.78, 5) is 51.4. The summed E-state index contributed by atoms with van der Waals surface area (Å²) < 4.78 is 47.1. The first-order valence-electron chi connectivity index (χ1n) is 14.2. The van der Waals surface area contributed by atoms with Gasteiger partial charge in [0, 0.05) is 5.56 Å². The highest BCUT2D eigenvalue weighted by molar-refractivity contribution is 7.85. The van der Waals surface area contributed by atoms with E-state index in [-0.39, 0.29) is 59.6 Å². The van der Waals surface area contributed by atoms with Crippen molar-refractivity contribution < 1.29 is 46.3 Å². The molecule has 2 aromatic heterocycles. The monoisotopic (exact) mass is 716 g/mol.